The van der Waals surface area contributed by atoms with Crippen LogP contribution in [0.25, 0.3) is 0 Å². The van der Waals surface area contributed by atoms with E-state index in [9.17, 15) is 4.79 Å². The van der Waals surface area contributed by atoms with Crippen LogP contribution in [0.2, 0.25) is 0 Å². The van der Waals surface area contributed by atoms with Crippen molar-refractivity contribution in [1.29, 1.82) is 0 Å². The third kappa shape index (κ3) is 6.67. The fourth-order valence-corrected chi connectivity index (χ4v) is 2.27. The van der Waals surface area contributed by atoms with Gasteiger partial charge in [0.15, 0.2) is 11.5 Å². The molecule has 0 saturated carbocycles. The van der Waals surface area contributed by atoms with Crippen LogP contribution in [0.15, 0.2) is 18.2 Å². The molecule has 0 aliphatic carbocycles. The SMILES string of the molecule is CCOc1ccc(C(NC(=O)CCN)C(C)C)cc1OCC.Cl. The average molecular weight is 345 g/mol. The van der Waals surface area contributed by atoms with Gasteiger partial charge >= 0.3 is 0 Å². The van der Waals surface area contributed by atoms with Crippen LogP contribution < -0.4 is 20.5 Å². The number of rotatable bonds is 9. The molecule has 0 saturated heterocycles. The molecule has 132 valence electrons. The van der Waals surface area contributed by atoms with Crippen LogP contribution in [0.1, 0.15) is 45.7 Å². The molecule has 5 nitrogen and oxygen atoms in total. The monoisotopic (exact) mass is 344 g/mol. The molecule has 0 aliphatic heterocycles. The predicted molar refractivity (Wildman–Crippen MR) is 95.4 cm³/mol. The Kier molecular flexibility index (Phi) is 10.4. The number of nitrogens with two attached hydrogens (primary N) is 1. The lowest BCUT2D eigenvalue weighted by molar-refractivity contribution is -0.122. The molecular formula is C17H29ClN2O3. The summed E-state index contributed by atoms with van der Waals surface area (Å²) in [6.07, 6.45) is 0.332. The maximum Gasteiger partial charge on any atom is 0.221 e. The van der Waals surface area contributed by atoms with Crippen LogP contribution in [0.5, 0.6) is 11.5 Å². The van der Waals surface area contributed by atoms with Crippen molar-refractivity contribution in [2.75, 3.05) is 19.8 Å². The molecular weight excluding hydrogens is 316 g/mol. The predicted octanol–water partition coefficient (Wildman–Crippen LogP) is 3.07. The minimum Gasteiger partial charge on any atom is -0.490 e. The highest BCUT2D eigenvalue weighted by molar-refractivity contribution is 5.85. The number of hydrogen-bond donors (Lipinski definition) is 2. The first-order valence-electron chi connectivity index (χ1n) is 7.92. The Bertz CT molecular complexity index is 481. The second-order valence-corrected chi connectivity index (χ2v) is 5.40. The summed E-state index contributed by atoms with van der Waals surface area (Å²) >= 11 is 0. The molecule has 0 aliphatic rings. The Morgan fingerprint density at radius 3 is 2.30 bits per heavy atom. The fraction of sp³-hybridized carbons (Fsp3) is 0.588. The van der Waals surface area contributed by atoms with Gasteiger partial charge in [-0.05, 0) is 37.5 Å². The van der Waals surface area contributed by atoms with E-state index in [-0.39, 0.29) is 30.3 Å². The molecule has 0 bridgehead atoms. The molecule has 0 aromatic heterocycles. The number of carbonyl (C=O) groups excluding carboxylic acids is 1. The van der Waals surface area contributed by atoms with Crippen LogP contribution >= 0.6 is 12.4 Å². The molecule has 1 amide bonds. The zero-order valence-electron chi connectivity index (χ0n) is 14.4. The minimum atomic E-state index is -0.0751. The number of carbonyl (C=O) groups is 1. The van der Waals surface area contributed by atoms with Crippen molar-refractivity contribution in [3.05, 3.63) is 23.8 Å². The highest BCUT2D eigenvalue weighted by Crippen LogP contribution is 2.32. The Hall–Kier alpha value is -1.46. The summed E-state index contributed by atoms with van der Waals surface area (Å²) in [5, 5.41) is 3.04. The zero-order chi connectivity index (χ0) is 16.5. The summed E-state index contributed by atoms with van der Waals surface area (Å²) in [6.45, 7) is 9.52. The van der Waals surface area contributed by atoms with E-state index in [0.29, 0.717) is 31.9 Å². The Balaban J connectivity index is 0.00000484. The van der Waals surface area contributed by atoms with Gasteiger partial charge in [-0.1, -0.05) is 19.9 Å². The number of ether oxygens (including phenoxy) is 2. The van der Waals surface area contributed by atoms with E-state index in [2.05, 4.69) is 19.2 Å². The maximum absolute atomic E-state index is 11.9. The van der Waals surface area contributed by atoms with Gasteiger partial charge in [-0.15, -0.1) is 12.4 Å². The second-order valence-electron chi connectivity index (χ2n) is 5.40. The molecule has 1 aromatic rings. The number of amides is 1. The minimum absolute atomic E-state index is 0. The average Bonchev–Trinajstić information content (AvgIpc) is 2.47. The van der Waals surface area contributed by atoms with Crippen LogP contribution in [0, 0.1) is 5.92 Å². The summed E-state index contributed by atoms with van der Waals surface area (Å²) in [7, 11) is 0. The van der Waals surface area contributed by atoms with Gasteiger partial charge in [-0.2, -0.15) is 0 Å². The third-order valence-electron chi connectivity index (χ3n) is 3.28. The topological polar surface area (TPSA) is 73.6 Å². The van der Waals surface area contributed by atoms with E-state index in [1.165, 1.54) is 0 Å². The van der Waals surface area contributed by atoms with E-state index in [4.69, 9.17) is 15.2 Å². The molecule has 3 N–H and O–H groups in total. The van der Waals surface area contributed by atoms with E-state index in [0.717, 1.165) is 11.3 Å². The van der Waals surface area contributed by atoms with Crippen LogP contribution in [0.3, 0.4) is 0 Å². The van der Waals surface area contributed by atoms with Crippen molar-refractivity contribution in [2.24, 2.45) is 11.7 Å². The molecule has 1 unspecified atom stereocenters. The summed E-state index contributed by atoms with van der Waals surface area (Å²) < 4.78 is 11.2. The van der Waals surface area contributed by atoms with Gasteiger partial charge in [0.25, 0.3) is 0 Å². The summed E-state index contributed by atoms with van der Waals surface area (Å²) in [5.74, 6) is 1.66. The van der Waals surface area contributed by atoms with Crippen molar-refractivity contribution >= 4 is 18.3 Å². The van der Waals surface area contributed by atoms with Crippen LogP contribution in [-0.2, 0) is 4.79 Å². The first kappa shape index (κ1) is 21.5. The number of hydrogen-bond acceptors (Lipinski definition) is 4. The number of halogens is 1. The zero-order valence-corrected chi connectivity index (χ0v) is 15.2. The largest absolute Gasteiger partial charge is 0.490 e. The van der Waals surface area contributed by atoms with E-state index >= 15 is 0 Å². The molecule has 0 fully saturated rings. The lowest BCUT2D eigenvalue weighted by Gasteiger charge is -2.24. The fourth-order valence-electron chi connectivity index (χ4n) is 2.27. The molecule has 6 heteroatoms. The van der Waals surface area contributed by atoms with Gasteiger partial charge in [0, 0.05) is 13.0 Å². The highest BCUT2D eigenvalue weighted by Gasteiger charge is 2.20. The number of benzene rings is 1. The number of nitrogens with one attached hydrogen (secondary N) is 1. The van der Waals surface area contributed by atoms with Gasteiger partial charge in [0.05, 0.1) is 19.3 Å². The van der Waals surface area contributed by atoms with Crippen molar-refractivity contribution in [3.63, 3.8) is 0 Å². The quantitative estimate of drug-likeness (QED) is 0.722. The Morgan fingerprint density at radius 1 is 1.17 bits per heavy atom. The van der Waals surface area contributed by atoms with Gasteiger partial charge < -0.3 is 20.5 Å². The smallest absolute Gasteiger partial charge is 0.221 e. The molecule has 0 spiro atoms. The summed E-state index contributed by atoms with van der Waals surface area (Å²) in [6, 6.07) is 5.74. The van der Waals surface area contributed by atoms with E-state index < -0.39 is 0 Å². The van der Waals surface area contributed by atoms with Crippen molar-refractivity contribution in [1.82, 2.24) is 5.32 Å². The molecule has 23 heavy (non-hydrogen) atoms. The standard InChI is InChI=1S/C17H28N2O3.ClH/c1-5-21-14-8-7-13(11-15(14)22-6-2)17(12(3)4)19-16(20)9-10-18;/h7-8,11-12,17H,5-6,9-10,18H2,1-4H3,(H,19,20);1H. The van der Waals surface area contributed by atoms with Crippen molar-refractivity contribution in [2.45, 2.75) is 40.2 Å². The molecule has 1 rings (SSSR count). The second kappa shape index (κ2) is 11.1. The lowest BCUT2D eigenvalue weighted by Crippen LogP contribution is -2.32. The van der Waals surface area contributed by atoms with Crippen molar-refractivity contribution in [3.8, 4) is 11.5 Å². The van der Waals surface area contributed by atoms with Crippen LogP contribution in [0.4, 0.5) is 0 Å². The first-order chi connectivity index (χ1) is 10.5. The van der Waals surface area contributed by atoms with E-state index in [1.807, 2.05) is 32.0 Å². The molecule has 0 radical (unpaired) electrons. The summed E-state index contributed by atoms with van der Waals surface area (Å²) in [5.41, 5.74) is 6.45. The normalized spacial score (nSPS) is 11.6. The summed E-state index contributed by atoms with van der Waals surface area (Å²) in [4.78, 5) is 11.9. The Morgan fingerprint density at radius 2 is 1.78 bits per heavy atom. The van der Waals surface area contributed by atoms with Gasteiger partial charge in [-0.3, -0.25) is 4.79 Å². The molecule has 1 aromatic carbocycles. The van der Waals surface area contributed by atoms with Crippen molar-refractivity contribution < 1.29 is 14.3 Å². The highest BCUT2D eigenvalue weighted by atomic mass is 35.5. The van der Waals surface area contributed by atoms with E-state index in [1.54, 1.807) is 0 Å². The molecule has 1 atom stereocenters. The van der Waals surface area contributed by atoms with Gasteiger partial charge in [-0.25, -0.2) is 0 Å². The van der Waals surface area contributed by atoms with Gasteiger partial charge in [0.2, 0.25) is 5.91 Å². The van der Waals surface area contributed by atoms with Crippen LogP contribution in [-0.4, -0.2) is 25.7 Å². The third-order valence-corrected chi connectivity index (χ3v) is 3.28. The Labute approximate surface area is 145 Å². The molecule has 0 heterocycles. The lowest BCUT2D eigenvalue weighted by atomic mass is 9.95. The van der Waals surface area contributed by atoms with Gasteiger partial charge in [0.1, 0.15) is 0 Å². The maximum atomic E-state index is 11.9. The first-order valence-corrected chi connectivity index (χ1v) is 7.92.